The molecule has 3 aliphatic rings. The van der Waals surface area contributed by atoms with Crippen molar-refractivity contribution in [3.63, 3.8) is 0 Å². The van der Waals surface area contributed by atoms with E-state index in [9.17, 15) is 25.2 Å². The van der Waals surface area contributed by atoms with Gasteiger partial charge in [-0.3, -0.25) is 15.1 Å². The molecule has 11 heteroatoms. The van der Waals surface area contributed by atoms with Crippen LogP contribution >= 0.6 is 0 Å². The number of cyclic esters (lactones) is 1. The van der Waals surface area contributed by atoms with E-state index < -0.39 is 59.7 Å². The molecule has 3 aliphatic heterocycles. The lowest BCUT2D eigenvalue weighted by molar-refractivity contribution is -0.297. The van der Waals surface area contributed by atoms with Crippen molar-refractivity contribution in [2.24, 2.45) is 11.8 Å². The Kier molecular flexibility index (Phi) is 10.5. The molecule has 40 heavy (non-hydrogen) atoms. The van der Waals surface area contributed by atoms with Crippen LogP contribution in [0.25, 0.3) is 0 Å². The summed E-state index contributed by atoms with van der Waals surface area (Å²) in [6.45, 7) is 12.1. The number of nitrogens with zero attached hydrogens (tertiary/aromatic N) is 1. The minimum atomic E-state index is -1.58. The minimum Gasteiger partial charge on any atom is -0.459 e. The van der Waals surface area contributed by atoms with E-state index in [0.717, 1.165) is 5.57 Å². The van der Waals surface area contributed by atoms with E-state index in [2.05, 4.69) is 5.48 Å². The third kappa shape index (κ3) is 7.07. The van der Waals surface area contributed by atoms with Crippen molar-refractivity contribution in [1.82, 2.24) is 10.4 Å². The van der Waals surface area contributed by atoms with Gasteiger partial charge in [-0.2, -0.15) is 0 Å². The highest BCUT2D eigenvalue weighted by Gasteiger charge is 2.48. The molecule has 11 atom stereocenters. The van der Waals surface area contributed by atoms with Crippen molar-refractivity contribution in [2.45, 2.75) is 122 Å². The van der Waals surface area contributed by atoms with E-state index in [4.69, 9.17) is 19.0 Å². The van der Waals surface area contributed by atoms with Gasteiger partial charge in [0.25, 0.3) is 0 Å². The molecule has 0 aliphatic carbocycles. The van der Waals surface area contributed by atoms with Crippen LogP contribution in [0.5, 0.6) is 0 Å². The number of ether oxygens (including phenoxy) is 3. The molecule has 0 aromatic heterocycles. The molecule has 1 unspecified atom stereocenters. The number of esters is 1. The third-order valence-corrected chi connectivity index (χ3v) is 8.59. The van der Waals surface area contributed by atoms with E-state index in [-0.39, 0.29) is 25.2 Å². The molecule has 0 aromatic carbocycles. The fraction of sp³-hybridized carbons (Fsp3) is 0.828. The standard InChI is InChI=1S/C29H50N2O9/c1-10-21-28(6,35)13-19-14-37-30-22(19)15(2)12-29(7,36)25(17(4)23(32)18(5)26(34)39-21)40-27-24(33)20(31(8)9)11-16(3)38-27/h13,16-18,20-21,23-25,27,30,32-33,35-36H,10-12,14H2,1-9H3/b19-13?,22-15+/t16-,17+,18-,20+,21-,23+,24-,25-,27?,28+,29+/m1/s1. The summed E-state index contributed by atoms with van der Waals surface area (Å²) in [5.74, 6) is -2.46. The molecule has 0 aromatic rings. The largest absolute Gasteiger partial charge is 0.459 e. The summed E-state index contributed by atoms with van der Waals surface area (Å²) < 4.78 is 18.1. The van der Waals surface area contributed by atoms with Crippen molar-refractivity contribution in [2.75, 3.05) is 20.7 Å². The van der Waals surface area contributed by atoms with E-state index in [1.54, 1.807) is 33.8 Å². The summed E-state index contributed by atoms with van der Waals surface area (Å²) in [6, 6.07) is -0.235. The lowest BCUT2D eigenvalue weighted by atomic mass is 9.78. The molecule has 11 nitrogen and oxygen atoms in total. The lowest BCUT2D eigenvalue weighted by Crippen LogP contribution is -2.59. The first kappa shape index (κ1) is 32.9. The van der Waals surface area contributed by atoms with E-state index in [0.29, 0.717) is 24.1 Å². The first-order valence-corrected chi connectivity index (χ1v) is 14.3. The highest BCUT2D eigenvalue weighted by Crippen LogP contribution is 2.37. The fourth-order valence-corrected chi connectivity index (χ4v) is 6.24. The average molecular weight is 571 g/mol. The summed E-state index contributed by atoms with van der Waals surface area (Å²) in [4.78, 5) is 20.6. The fourth-order valence-electron chi connectivity index (χ4n) is 6.24. The number of carbonyl (C=O) groups is 1. The van der Waals surface area contributed by atoms with Gasteiger partial charge >= 0.3 is 5.97 Å². The molecule has 0 amide bonds. The van der Waals surface area contributed by atoms with Crippen LogP contribution < -0.4 is 5.48 Å². The van der Waals surface area contributed by atoms with Gasteiger partial charge in [0, 0.05) is 24.0 Å². The van der Waals surface area contributed by atoms with Gasteiger partial charge in [-0.15, -0.1) is 0 Å². The predicted molar refractivity (Wildman–Crippen MR) is 148 cm³/mol. The maximum Gasteiger partial charge on any atom is 0.311 e. The van der Waals surface area contributed by atoms with Gasteiger partial charge < -0.3 is 39.5 Å². The van der Waals surface area contributed by atoms with Crippen molar-refractivity contribution in [3.05, 3.63) is 22.9 Å². The Labute approximate surface area is 238 Å². The number of carbonyl (C=O) groups excluding carboxylic acids is 1. The van der Waals surface area contributed by atoms with Crippen LogP contribution in [0.1, 0.15) is 67.7 Å². The Bertz CT molecular complexity index is 963. The number of likely N-dealkylation sites (N-methyl/N-ethyl adjacent to an activating group) is 1. The summed E-state index contributed by atoms with van der Waals surface area (Å²) in [5, 5.41) is 45.8. The van der Waals surface area contributed by atoms with Crippen molar-refractivity contribution in [3.8, 4) is 0 Å². The number of aliphatic hydroxyl groups excluding tert-OH is 2. The Hall–Kier alpha value is -1.57. The molecule has 0 radical (unpaired) electrons. The number of hydrogen-bond donors (Lipinski definition) is 5. The second-order valence-corrected chi connectivity index (χ2v) is 12.6. The van der Waals surface area contributed by atoms with Gasteiger partial charge in [0.15, 0.2) is 6.29 Å². The Morgan fingerprint density at radius 2 is 1.80 bits per heavy atom. The summed E-state index contributed by atoms with van der Waals surface area (Å²) in [7, 11) is 3.75. The molecule has 0 bridgehead atoms. The van der Waals surface area contributed by atoms with Gasteiger partial charge in [0.1, 0.15) is 24.4 Å². The van der Waals surface area contributed by atoms with E-state index >= 15 is 0 Å². The number of hydrogen-bond acceptors (Lipinski definition) is 11. The first-order chi connectivity index (χ1) is 18.5. The van der Waals surface area contributed by atoms with Gasteiger partial charge in [0.05, 0.1) is 35.5 Å². The topological polar surface area (TPSA) is 150 Å². The monoisotopic (exact) mass is 570 g/mol. The normalized spacial score (nSPS) is 45.8. The summed E-state index contributed by atoms with van der Waals surface area (Å²) in [5.41, 5.74) is 1.80. The zero-order chi connectivity index (χ0) is 30.2. The molecule has 0 saturated carbocycles. The molecule has 0 spiro atoms. The number of aliphatic hydroxyl groups is 4. The second kappa shape index (κ2) is 12.7. The quantitative estimate of drug-likeness (QED) is 0.312. The average Bonchev–Trinajstić information content (AvgIpc) is 3.32. The maximum atomic E-state index is 13.2. The predicted octanol–water partition coefficient (Wildman–Crippen LogP) is 1.39. The molecule has 5 N–H and O–H groups in total. The van der Waals surface area contributed by atoms with E-state index in [1.165, 1.54) is 0 Å². The molecular formula is C29H50N2O9. The number of rotatable bonds is 4. The Balaban J connectivity index is 2.08. The molecule has 2 saturated heterocycles. The number of fused-ring (bicyclic) bond motifs is 1. The first-order valence-electron chi connectivity index (χ1n) is 14.3. The van der Waals surface area contributed by atoms with Crippen LogP contribution in [0.3, 0.4) is 0 Å². The second-order valence-electron chi connectivity index (χ2n) is 12.6. The van der Waals surface area contributed by atoms with Crippen LogP contribution in [0.2, 0.25) is 0 Å². The van der Waals surface area contributed by atoms with Crippen molar-refractivity contribution < 1.29 is 44.3 Å². The molecule has 230 valence electrons. The molecule has 3 rings (SSSR count). The van der Waals surface area contributed by atoms with Crippen LogP contribution in [-0.4, -0.2) is 106 Å². The van der Waals surface area contributed by atoms with E-state index in [1.807, 2.05) is 39.8 Å². The SMILES string of the molecule is CC[C@H]1OC(=O)[C@H](C)[C@@H](O)[C@H](C)[C@@H](OC2O[C@H](C)C[C@H](N(C)C)[C@H]2O)[C@@](C)(O)C/C(C)=C2/NOCC2=C[C@]1(C)O. The smallest absolute Gasteiger partial charge is 0.311 e. The summed E-state index contributed by atoms with van der Waals surface area (Å²) >= 11 is 0. The van der Waals surface area contributed by atoms with Crippen molar-refractivity contribution >= 4 is 5.97 Å². The van der Waals surface area contributed by atoms with Crippen LogP contribution in [0, 0.1) is 11.8 Å². The Morgan fingerprint density at radius 1 is 1.15 bits per heavy atom. The molecular weight excluding hydrogens is 520 g/mol. The molecule has 2 fully saturated rings. The highest BCUT2D eigenvalue weighted by molar-refractivity contribution is 5.73. The van der Waals surface area contributed by atoms with Gasteiger partial charge in [-0.05, 0) is 73.2 Å². The zero-order valence-electron chi connectivity index (χ0n) is 25.4. The van der Waals surface area contributed by atoms with Crippen LogP contribution in [0.15, 0.2) is 22.9 Å². The lowest BCUT2D eigenvalue weighted by Gasteiger charge is -2.46. The number of hydroxylamine groups is 1. The third-order valence-electron chi connectivity index (χ3n) is 8.59. The van der Waals surface area contributed by atoms with Crippen LogP contribution in [0.4, 0.5) is 0 Å². The summed E-state index contributed by atoms with van der Waals surface area (Å²) in [6.07, 6.45) is -2.83. The van der Waals surface area contributed by atoms with Crippen LogP contribution in [-0.2, 0) is 23.8 Å². The molecule has 3 heterocycles. The minimum absolute atomic E-state index is 0.103. The van der Waals surface area contributed by atoms with Crippen molar-refractivity contribution in [1.29, 1.82) is 0 Å². The maximum absolute atomic E-state index is 13.2. The zero-order valence-corrected chi connectivity index (χ0v) is 25.4. The Morgan fingerprint density at radius 3 is 2.40 bits per heavy atom. The van der Waals surface area contributed by atoms with Gasteiger partial charge in [-0.1, -0.05) is 13.8 Å². The van der Waals surface area contributed by atoms with Gasteiger partial charge in [0.2, 0.25) is 0 Å². The van der Waals surface area contributed by atoms with Gasteiger partial charge in [-0.25, -0.2) is 0 Å². The highest BCUT2D eigenvalue weighted by atomic mass is 16.7. The number of nitrogens with one attached hydrogen (secondary N) is 1.